The number of rotatable bonds is 5. The Hall–Kier alpha value is -0.290. The second-order valence-corrected chi connectivity index (χ2v) is 5.09. The minimum atomic E-state index is -4.14. The lowest BCUT2D eigenvalue weighted by atomic mass is 9.88. The van der Waals surface area contributed by atoms with Crippen LogP contribution in [0.4, 0.5) is 13.2 Å². The quantitative estimate of drug-likeness (QED) is 0.812. The molecule has 0 aromatic carbocycles. The summed E-state index contributed by atoms with van der Waals surface area (Å²) in [7, 11) is 0. The Morgan fingerprint density at radius 3 is 2.65 bits per heavy atom. The zero-order valence-corrected chi connectivity index (χ0v) is 10.5. The van der Waals surface area contributed by atoms with Gasteiger partial charge in [-0.15, -0.1) is 0 Å². The summed E-state index contributed by atoms with van der Waals surface area (Å²) in [5, 5.41) is 2.38. The summed E-state index contributed by atoms with van der Waals surface area (Å²) in [5.74, 6) is 0.670. The third-order valence-corrected chi connectivity index (χ3v) is 3.07. The molecular formula is C12H22F3NO. The maximum Gasteiger partial charge on any atom is 0.401 e. The lowest BCUT2D eigenvalue weighted by molar-refractivity contribution is -0.126. The van der Waals surface area contributed by atoms with E-state index in [0.29, 0.717) is 5.92 Å². The summed E-state index contributed by atoms with van der Waals surface area (Å²) in [6, 6.07) is 0. The van der Waals surface area contributed by atoms with Crippen molar-refractivity contribution in [1.82, 2.24) is 5.32 Å². The van der Waals surface area contributed by atoms with Crippen LogP contribution in [0, 0.1) is 5.92 Å². The fourth-order valence-electron chi connectivity index (χ4n) is 2.30. The summed E-state index contributed by atoms with van der Waals surface area (Å²) >= 11 is 0. The fourth-order valence-corrected chi connectivity index (χ4v) is 2.30. The van der Waals surface area contributed by atoms with E-state index >= 15 is 0 Å². The molecule has 0 spiro atoms. The van der Waals surface area contributed by atoms with Crippen LogP contribution < -0.4 is 5.32 Å². The first-order valence-electron chi connectivity index (χ1n) is 6.29. The molecule has 0 amide bonds. The molecule has 2 nitrogen and oxygen atoms in total. The normalized spacial score (nSPS) is 28.1. The molecule has 1 aliphatic rings. The highest BCUT2D eigenvalue weighted by Crippen LogP contribution is 2.26. The largest absolute Gasteiger partial charge is 0.401 e. The van der Waals surface area contributed by atoms with Gasteiger partial charge in [-0.25, -0.2) is 0 Å². The topological polar surface area (TPSA) is 21.3 Å². The number of hydrogen-bond donors (Lipinski definition) is 1. The van der Waals surface area contributed by atoms with E-state index in [1.54, 1.807) is 0 Å². The van der Waals surface area contributed by atoms with Crippen LogP contribution in [-0.4, -0.2) is 31.5 Å². The Labute approximate surface area is 101 Å². The molecule has 17 heavy (non-hydrogen) atoms. The Bertz CT molecular complexity index is 220. The molecule has 102 valence electrons. The molecule has 5 heteroatoms. The molecular weight excluding hydrogens is 231 g/mol. The highest BCUT2D eigenvalue weighted by molar-refractivity contribution is 4.72. The fraction of sp³-hybridized carbons (Fsp3) is 1.00. The van der Waals surface area contributed by atoms with Gasteiger partial charge in [0, 0.05) is 6.54 Å². The standard InChI is InChI=1S/C12H22F3NO/c1-9-4-3-5-11(6-9)17-10(2)7-16-8-12(13,14)15/h9-11,16H,3-8H2,1-2H3. The molecule has 0 saturated heterocycles. The third-order valence-electron chi connectivity index (χ3n) is 3.07. The minimum absolute atomic E-state index is 0.160. The van der Waals surface area contributed by atoms with Gasteiger partial charge in [0.15, 0.2) is 0 Å². The zero-order valence-electron chi connectivity index (χ0n) is 10.5. The van der Waals surface area contributed by atoms with Crippen molar-refractivity contribution in [1.29, 1.82) is 0 Å². The Balaban J connectivity index is 2.13. The average Bonchev–Trinajstić information content (AvgIpc) is 2.15. The van der Waals surface area contributed by atoms with Crippen molar-refractivity contribution >= 4 is 0 Å². The van der Waals surface area contributed by atoms with Crippen molar-refractivity contribution < 1.29 is 17.9 Å². The first-order chi connectivity index (χ1) is 7.87. The second kappa shape index (κ2) is 6.59. The van der Waals surface area contributed by atoms with Crippen LogP contribution in [0.1, 0.15) is 39.5 Å². The van der Waals surface area contributed by atoms with Crippen molar-refractivity contribution in [2.75, 3.05) is 13.1 Å². The molecule has 3 atom stereocenters. The van der Waals surface area contributed by atoms with Gasteiger partial charge in [0.25, 0.3) is 0 Å². The third kappa shape index (κ3) is 6.88. The van der Waals surface area contributed by atoms with E-state index in [1.165, 1.54) is 6.42 Å². The van der Waals surface area contributed by atoms with Crippen molar-refractivity contribution in [2.45, 2.75) is 57.9 Å². The van der Waals surface area contributed by atoms with Gasteiger partial charge in [0.1, 0.15) is 0 Å². The number of nitrogens with one attached hydrogen (secondary N) is 1. The summed E-state index contributed by atoms with van der Waals surface area (Å²) in [4.78, 5) is 0. The van der Waals surface area contributed by atoms with Crippen molar-refractivity contribution in [2.24, 2.45) is 5.92 Å². The van der Waals surface area contributed by atoms with Gasteiger partial charge >= 0.3 is 6.18 Å². The molecule has 0 aromatic rings. The van der Waals surface area contributed by atoms with Crippen LogP contribution in [0.5, 0.6) is 0 Å². The van der Waals surface area contributed by atoms with Gasteiger partial charge < -0.3 is 10.1 Å². The molecule has 1 rings (SSSR count). The van der Waals surface area contributed by atoms with Gasteiger partial charge in [-0.1, -0.05) is 19.8 Å². The highest BCUT2D eigenvalue weighted by atomic mass is 19.4. The molecule has 0 heterocycles. The van der Waals surface area contributed by atoms with Crippen LogP contribution in [0.3, 0.4) is 0 Å². The van der Waals surface area contributed by atoms with E-state index in [2.05, 4.69) is 12.2 Å². The molecule has 0 aromatic heterocycles. The van der Waals surface area contributed by atoms with E-state index in [4.69, 9.17) is 4.74 Å². The van der Waals surface area contributed by atoms with Gasteiger partial charge in [-0.05, 0) is 25.7 Å². The minimum Gasteiger partial charge on any atom is -0.374 e. The molecule has 0 bridgehead atoms. The molecule has 1 aliphatic carbocycles. The zero-order chi connectivity index (χ0) is 12.9. The highest BCUT2D eigenvalue weighted by Gasteiger charge is 2.27. The van der Waals surface area contributed by atoms with Crippen molar-refractivity contribution in [3.8, 4) is 0 Å². The summed E-state index contributed by atoms with van der Waals surface area (Å²) in [6.07, 6.45) is 0.389. The predicted molar refractivity (Wildman–Crippen MR) is 60.9 cm³/mol. The molecule has 1 N–H and O–H groups in total. The van der Waals surface area contributed by atoms with Gasteiger partial charge in [0.2, 0.25) is 0 Å². The SMILES string of the molecule is CC1CCCC(OC(C)CNCC(F)(F)F)C1. The van der Waals surface area contributed by atoms with Crippen LogP contribution in [0.2, 0.25) is 0 Å². The Morgan fingerprint density at radius 1 is 1.35 bits per heavy atom. The monoisotopic (exact) mass is 253 g/mol. The lowest BCUT2D eigenvalue weighted by Crippen LogP contribution is -2.36. The van der Waals surface area contributed by atoms with Crippen molar-refractivity contribution in [3.05, 3.63) is 0 Å². The van der Waals surface area contributed by atoms with Gasteiger partial charge in [-0.3, -0.25) is 0 Å². The van der Waals surface area contributed by atoms with E-state index < -0.39 is 12.7 Å². The maximum atomic E-state index is 11.9. The average molecular weight is 253 g/mol. The maximum absolute atomic E-state index is 11.9. The van der Waals surface area contributed by atoms with Crippen LogP contribution in [0.15, 0.2) is 0 Å². The number of alkyl halides is 3. The number of halogens is 3. The van der Waals surface area contributed by atoms with E-state index in [9.17, 15) is 13.2 Å². The van der Waals surface area contributed by atoms with Crippen LogP contribution in [-0.2, 0) is 4.74 Å². The molecule has 3 unspecified atom stereocenters. The summed E-state index contributed by atoms with van der Waals surface area (Å²) in [5.41, 5.74) is 0. The smallest absolute Gasteiger partial charge is 0.374 e. The van der Waals surface area contributed by atoms with Crippen LogP contribution in [0.25, 0.3) is 0 Å². The number of ether oxygens (including phenoxy) is 1. The first kappa shape index (κ1) is 14.8. The molecule has 0 aliphatic heterocycles. The Kier molecular flexibility index (Phi) is 5.73. The first-order valence-corrected chi connectivity index (χ1v) is 6.29. The van der Waals surface area contributed by atoms with E-state index in [-0.39, 0.29) is 18.8 Å². The molecule has 0 radical (unpaired) electrons. The molecule has 1 fully saturated rings. The lowest BCUT2D eigenvalue weighted by Gasteiger charge is -2.29. The predicted octanol–water partition coefficient (Wildman–Crippen LogP) is 3.12. The van der Waals surface area contributed by atoms with Crippen LogP contribution >= 0.6 is 0 Å². The molecule has 1 saturated carbocycles. The van der Waals surface area contributed by atoms with Gasteiger partial charge in [0.05, 0.1) is 18.8 Å². The second-order valence-electron chi connectivity index (χ2n) is 5.09. The Morgan fingerprint density at radius 2 is 2.06 bits per heavy atom. The van der Waals surface area contributed by atoms with E-state index in [0.717, 1.165) is 19.3 Å². The van der Waals surface area contributed by atoms with Gasteiger partial charge in [-0.2, -0.15) is 13.2 Å². The van der Waals surface area contributed by atoms with Crippen molar-refractivity contribution in [3.63, 3.8) is 0 Å². The number of hydrogen-bond acceptors (Lipinski definition) is 2. The van der Waals surface area contributed by atoms with E-state index in [1.807, 2.05) is 6.92 Å². The summed E-state index contributed by atoms with van der Waals surface area (Å²) < 4.78 is 41.5. The summed E-state index contributed by atoms with van der Waals surface area (Å²) in [6.45, 7) is 3.33.